The molecule has 0 unspecified atom stereocenters. The summed E-state index contributed by atoms with van der Waals surface area (Å²) in [6.45, 7) is 13.5. The molecule has 0 saturated heterocycles. The molecule has 1 amide bonds. The van der Waals surface area contributed by atoms with Gasteiger partial charge in [-0.25, -0.2) is 0 Å². The lowest BCUT2D eigenvalue weighted by Gasteiger charge is -2.48. The molecule has 4 aliphatic rings. The second-order valence-corrected chi connectivity index (χ2v) is 22.3. The Labute approximate surface area is 310 Å². The van der Waals surface area contributed by atoms with Crippen molar-refractivity contribution in [2.75, 3.05) is 51.9 Å². The Hall–Kier alpha value is -2.85. The molecule has 0 aromatic heterocycles. The number of aryl methyl sites for hydroxylation is 1. The molecule has 2 aliphatic heterocycles. The molecule has 8 nitrogen and oxygen atoms in total. The monoisotopic (exact) mass is 736 g/mol. The van der Waals surface area contributed by atoms with E-state index in [1.54, 1.807) is 11.9 Å². The van der Waals surface area contributed by atoms with Crippen LogP contribution in [0.4, 0.5) is 5.69 Å². The van der Waals surface area contributed by atoms with Crippen LogP contribution in [0.5, 0.6) is 5.75 Å². The van der Waals surface area contributed by atoms with Crippen molar-refractivity contribution < 1.29 is 28.6 Å². The highest BCUT2D eigenvalue weighted by Gasteiger charge is 2.48. The van der Waals surface area contributed by atoms with E-state index >= 15 is 0 Å². The summed E-state index contributed by atoms with van der Waals surface area (Å²) in [7, 11) is 0.969. The number of carbonyl (C=O) groups excluding carboxylic acids is 2. The summed E-state index contributed by atoms with van der Waals surface area (Å²) >= 11 is 6.51. The van der Waals surface area contributed by atoms with Crippen LogP contribution in [0.3, 0.4) is 0 Å². The quantitative estimate of drug-likeness (QED) is 0.198. The normalized spacial score (nSPS) is 29.3. The highest BCUT2D eigenvalue weighted by Crippen LogP contribution is 2.49. The fourth-order valence-electron chi connectivity index (χ4n) is 8.45. The minimum atomic E-state index is -2.10. The highest BCUT2D eigenvalue weighted by molar-refractivity contribution is 6.74. The molecule has 51 heavy (non-hydrogen) atoms. The number of methoxy groups -OCH3 is 1. The van der Waals surface area contributed by atoms with E-state index in [0.29, 0.717) is 37.0 Å². The molecule has 5 atom stereocenters. The first-order valence-corrected chi connectivity index (χ1v) is 22.0. The lowest BCUT2D eigenvalue weighted by molar-refractivity contribution is -0.153. The largest absolute Gasteiger partial charge is 0.490 e. The van der Waals surface area contributed by atoms with Crippen molar-refractivity contribution in [3.05, 3.63) is 70.3 Å². The van der Waals surface area contributed by atoms with Crippen LogP contribution in [0.25, 0.3) is 0 Å². The molecule has 2 bridgehead atoms. The number of carbonyl (C=O) groups is 2. The topological polar surface area (TPSA) is 88.5 Å². The van der Waals surface area contributed by atoms with Gasteiger partial charge in [-0.2, -0.15) is 0 Å². The van der Waals surface area contributed by atoms with Gasteiger partial charge >= 0.3 is 5.97 Å². The van der Waals surface area contributed by atoms with Crippen molar-refractivity contribution >= 4 is 37.5 Å². The van der Waals surface area contributed by atoms with Gasteiger partial charge in [-0.15, -0.1) is 0 Å². The molecule has 10 heteroatoms. The molecule has 0 radical (unpaired) electrons. The van der Waals surface area contributed by atoms with E-state index in [0.717, 1.165) is 61.7 Å². The summed E-state index contributed by atoms with van der Waals surface area (Å²) in [5.41, 5.74) is 2.17. The van der Waals surface area contributed by atoms with Crippen LogP contribution in [0.1, 0.15) is 76.0 Å². The minimum absolute atomic E-state index is 0.0135. The highest BCUT2D eigenvalue weighted by atomic mass is 35.5. The maximum atomic E-state index is 13.8. The molecular formula is C41H57ClN2O6Si. The van der Waals surface area contributed by atoms with Crippen LogP contribution in [-0.4, -0.2) is 83.3 Å². The number of anilines is 1. The van der Waals surface area contributed by atoms with E-state index in [-0.39, 0.29) is 28.9 Å². The Morgan fingerprint density at radius 2 is 1.94 bits per heavy atom. The van der Waals surface area contributed by atoms with Gasteiger partial charge < -0.3 is 28.8 Å². The first kappa shape index (κ1) is 37.9. The summed E-state index contributed by atoms with van der Waals surface area (Å²) in [5.74, 6) is 0.599. The van der Waals surface area contributed by atoms with Gasteiger partial charge in [0.2, 0.25) is 5.91 Å². The number of nitrogens with zero attached hydrogens (tertiary/aromatic N) is 2. The van der Waals surface area contributed by atoms with Crippen molar-refractivity contribution in [2.24, 2.45) is 11.8 Å². The Morgan fingerprint density at radius 1 is 1.16 bits per heavy atom. The number of hydrogen-bond acceptors (Lipinski definition) is 7. The molecule has 2 heterocycles. The van der Waals surface area contributed by atoms with E-state index < -0.39 is 26.3 Å². The van der Waals surface area contributed by atoms with Crippen molar-refractivity contribution in [1.82, 2.24) is 4.90 Å². The number of aliphatic hydroxyl groups excluding tert-OH is 1. The Kier molecular flexibility index (Phi) is 10.8. The summed E-state index contributed by atoms with van der Waals surface area (Å²) < 4.78 is 19.3. The zero-order valence-corrected chi connectivity index (χ0v) is 33.4. The van der Waals surface area contributed by atoms with Gasteiger partial charge in [0.25, 0.3) is 0 Å². The lowest BCUT2D eigenvalue weighted by Crippen LogP contribution is -2.52. The van der Waals surface area contributed by atoms with E-state index in [1.807, 2.05) is 24.3 Å². The molecule has 1 N–H and O–H groups in total. The lowest BCUT2D eigenvalue weighted by atomic mass is 9.68. The summed E-state index contributed by atoms with van der Waals surface area (Å²) in [6, 6.07) is 12.0. The van der Waals surface area contributed by atoms with Crippen molar-refractivity contribution in [3.8, 4) is 5.75 Å². The molecule has 6 rings (SSSR count). The van der Waals surface area contributed by atoms with Crippen molar-refractivity contribution in [1.29, 1.82) is 0 Å². The second-order valence-electron chi connectivity index (χ2n) is 17.1. The third kappa shape index (κ3) is 7.25. The maximum absolute atomic E-state index is 13.8. The van der Waals surface area contributed by atoms with Gasteiger partial charge in [0.15, 0.2) is 8.32 Å². The van der Waals surface area contributed by atoms with Gasteiger partial charge in [-0.1, -0.05) is 56.7 Å². The van der Waals surface area contributed by atoms with Crippen LogP contribution in [0.2, 0.25) is 23.2 Å². The average molecular weight is 737 g/mol. The van der Waals surface area contributed by atoms with Crippen molar-refractivity contribution in [3.63, 3.8) is 0 Å². The number of aliphatic hydroxyl groups is 1. The number of amides is 1. The van der Waals surface area contributed by atoms with Crippen LogP contribution < -0.4 is 9.64 Å². The average Bonchev–Trinajstić information content (AvgIpc) is 3.22. The Bertz CT molecular complexity index is 1660. The fourth-order valence-corrected chi connectivity index (χ4v) is 9.93. The third-order valence-electron chi connectivity index (χ3n) is 12.9. The number of fused-ring (bicyclic) bond motifs is 4. The first-order valence-electron chi connectivity index (χ1n) is 18.7. The first-order chi connectivity index (χ1) is 24.1. The number of halogens is 1. The summed E-state index contributed by atoms with van der Waals surface area (Å²) in [5, 5.41) is 11.8. The molecule has 2 aliphatic carbocycles. The van der Waals surface area contributed by atoms with Crippen LogP contribution in [0.15, 0.2) is 48.6 Å². The van der Waals surface area contributed by atoms with Gasteiger partial charge in [0, 0.05) is 43.5 Å². The van der Waals surface area contributed by atoms with Crippen LogP contribution in [0, 0.1) is 11.8 Å². The zero-order chi connectivity index (χ0) is 36.8. The SMILES string of the molecule is COC(=O)[C@@]1(CO)CC(=O)N(C)CC/C=C\[C@H](O[Si](C)(C)C(C)(C)C)[C@@H]2CC[C@H]2CN2C[C@@]3(CCCc4cc(Cl)ccc43)COc3ccc1cc32. The van der Waals surface area contributed by atoms with Crippen LogP contribution >= 0.6 is 11.6 Å². The Balaban J connectivity index is 1.48. The summed E-state index contributed by atoms with van der Waals surface area (Å²) in [4.78, 5) is 31.5. The third-order valence-corrected chi connectivity index (χ3v) is 17.6. The summed E-state index contributed by atoms with van der Waals surface area (Å²) in [6.07, 6.45) is 10.1. The Morgan fingerprint density at radius 3 is 2.63 bits per heavy atom. The van der Waals surface area contributed by atoms with E-state index in [9.17, 15) is 14.7 Å². The van der Waals surface area contributed by atoms with E-state index in [2.05, 4.69) is 63.0 Å². The molecule has 1 spiro atoms. The number of benzene rings is 2. The minimum Gasteiger partial charge on any atom is -0.490 e. The number of rotatable bonds is 4. The second kappa shape index (κ2) is 14.5. The molecule has 278 valence electrons. The predicted octanol–water partition coefficient (Wildman–Crippen LogP) is 7.44. The maximum Gasteiger partial charge on any atom is 0.319 e. The van der Waals surface area contributed by atoms with E-state index in [4.69, 9.17) is 25.5 Å². The van der Waals surface area contributed by atoms with Gasteiger partial charge in [0.05, 0.1) is 32.1 Å². The number of hydrogen-bond donors (Lipinski definition) is 1. The van der Waals surface area contributed by atoms with Crippen LogP contribution in [-0.2, 0) is 36.0 Å². The van der Waals surface area contributed by atoms with Gasteiger partial charge in [-0.3, -0.25) is 9.59 Å². The fraction of sp³-hybridized carbons (Fsp3) is 0.610. The molecular weight excluding hydrogens is 680 g/mol. The number of esters is 1. The molecule has 2 aromatic rings. The molecule has 1 saturated carbocycles. The number of ether oxygens (including phenoxy) is 2. The van der Waals surface area contributed by atoms with Gasteiger partial charge in [0.1, 0.15) is 11.2 Å². The predicted molar refractivity (Wildman–Crippen MR) is 205 cm³/mol. The standard InChI is InChI=1S/C41H57ClN2O6Si/c1-39(2,3)51(6,7)50-35-12-8-9-20-43(4)37(46)23-41(26-45,38(47)48-5)30-14-18-36-34(22-30)44(24-29-13-16-32(29)35)25-40(27-49-36)19-10-11-28-21-31(42)15-17-33(28)40/h8,12,14-15,17-18,21-22,29,32,35,45H,9-11,13,16,19-20,23-27H2,1-7H3/b12-8-/t29-,32+,35-,40-,41+/m0/s1. The van der Waals surface area contributed by atoms with Gasteiger partial charge in [-0.05, 0) is 109 Å². The smallest absolute Gasteiger partial charge is 0.319 e. The molecule has 1 fully saturated rings. The molecule has 2 aromatic carbocycles. The zero-order valence-electron chi connectivity index (χ0n) is 31.6. The van der Waals surface area contributed by atoms with Crippen molar-refractivity contribution in [2.45, 2.75) is 101 Å². The van der Waals surface area contributed by atoms with E-state index in [1.165, 1.54) is 18.2 Å².